The van der Waals surface area contributed by atoms with Gasteiger partial charge in [-0.2, -0.15) is 0 Å². The zero-order chi connectivity index (χ0) is 26.2. The first-order valence-corrected chi connectivity index (χ1v) is 12.6. The maximum atomic E-state index is 12.8. The molecule has 0 fully saturated rings. The van der Waals surface area contributed by atoms with E-state index in [4.69, 9.17) is 18.9 Å². The van der Waals surface area contributed by atoms with Gasteiger partial charge in [-0.3, -0.25) is 0 Å². The van der Waals surface area contributed by atoms with Crippen LogP contribution in [0.5, 0.6) is 17.2 Å². The Balaban J connectivity index is 1.24. The Hall–Kier alpha value is -4.49. The maximum Gasteiger partial charge on any atom is 0.338 e. The monoisotopic (exact) mass is 510 g/mol. The number of methoxy groups -OCH3 is 1. The highest BCUT2D eigenvalue weighted by atomic mass is 16.6. The summed E-state index contributed by atoms with van der Waals surface area (Å²) in [6.07, 6.45) is -0.520. The van der Waals surface area contributed by atoms with Crippen LogP contribution in [0.2, 0.25) is 0 Å². The highest BCUT2D eigenvalue weighted by Crippen LogP contribution is 2.31. The molecule has 1 aromatic heterocycles. The molecule has 2 N–H and O–H groups in total. The number of carbonyl (C=O) groups is 1. The average molecular weight is 511 g/mol. The fraction of sp³-hybridized carbons (Fsp3) is 0.194. The lowest BCUT2D eigenvalue weighted by Crippen LogP contribution is -2.37. The van der Waals surface area contributed by atoms with Crippen molar-refractivity contribution in [2.45, 2.75) is 6.10 Å². The Labute approximate surface area is 221 Å². The standard InChI is InChI=1S/C31H30N2O5/c1-35-27-15-7-8-16-28(27)36-19-18-32-20-23(38-31(34)22-10-3-2-4-11-22)21-37-29-17-9-13-25-24-12-5-6-14-26(24)33-30(25)29/h2-17,23,32-33H,18-21H2,1H3. The van der Waals surface area contributed by atoms with E-state index in [1.807, 2.05) is 72.8 Å². The number of aromatic nitrogens is 1. The van der Waals surface area contributed by atoms with Crippen molar-refractivity contribution in [2.24, 2.45) is 0 Å². The molecule has 194 valence electrons. The number of H-pyrrole nitrogens is 1. The van der Waals surface area contributed by atoms with Gasteiger partial charge in [0.2, 0.25) is 0 Å². The molecule has 0 aliphatic carbocycles. The van der Waals surface area contributed by atoms with Crippen LogP contribution in [-0.4, -0.2) is 50.5 Å². The summed E-state index contributed by atoms with van der Waals surface area (Å²) in [6.45, 7) is 1.56. The van der Waals surface area contributed by atoms with Gasteiger partial charge in [0, 0.05) is 29.4 Å². The molecule has 1 unspecified atom stereocenters. The summed E-state index contributed by atoms with van der Waals surface area (Å²) in [4.78, 5) is 16.2. The van der Waals surface area contributed by atoms with Crippen LogP contribution in [-0.2, 0) is 4.74 Å². The number of ether oxygens (including phenoxy) is 4. The minimum atomic E-state index is -0.520. The zero-order valence-electron chi connectivity index (χ0n) is 21.2. The van der Waals surface area contributed by atoms with E-state index in [2.05, 4.69) is 22.4 Å². The third kappa shape index (κ3) is 5.90. The number of para-hydroxylation sites is 4. The number of esters is 1. The molecule has 0 bridgehead atoms. The van der Waals surface area contributed by atoms with Gasteiger partial charge in [-0.1, -0.05) is 60.7 Å². The van der Waals surface area contributed by atoms with Gasteiger partial charge in [0.15, 0.2) is 11.5 Å². The van der Waals surface area contributed by atoms with Crippen LogP contribution in [0.1, 0.15) is 10.4 Å². The second-order valence-electron chi connectivity index (χ2n) is 8.76. The summed E-state index contributed by atoms with van der Waals surface area (Å²) < 4.78 is 23.2. The van der Waals surface area contributed by atoms with E-state index < -0.39 is 12.1 Å². The van der Waals surface area contributed by atoms with Crippen LogP contribution in [0.15, 0.2) is 97.1 Å². The predicted octanol–water partition coefficient (Wildman–Crippen LogP) is 5.60. The number of rotatable bonds is 12. The number of fused-ring (bicyclic) bond motifs is 3. The van der Waals surface area contributed by atoms with Crippen LogP contribution in [0.3, 0.4) is 0 Å². The fourth-order valence-electron chi connectivity index (χ4n) is 4.31. The summed E-state index contributed by atoms with van der Waals surface area (Å²) in [5.41, 5.74) is 2.46. The van der Waals surface area contributed by atoms with Crippen molar-refractivity contribution < 1.29 is 23.7 Å². The number of aromatic amines is 1. The first-order chi connectivity index (χ1) is 18.7. The minimum Gasteiger partial charge on any atom is -0.493 e. The second kappa shape index (κ2) is 12.2. The van der Waals surface area contributed by atoms with Crippen molar-refractivity contribution in [3.05, 3.63) is 103 Å². The van der Waals surface area contributed by atoms with Crippen LogP contribution in [0.4, 0.5) is 0 Å². The van der Waals surface area contributed by atoms with Gasteiger partial charge >= 0.3 is 5.97 Å². The molecule has 38 heavy (non-hydrogen) atoms. The van der Waals surface area contributed by atoms with E-state index in [0.717, 1.165) is 21.8 Å². The number of nitrogens with one attached hydrogen (secondary N) is 2. The number of hydrogen-bond acceptors (Lipinski definition) is 6. The first kappa shape index (κ1) is 25.2. The average Bonchev–Trinajstić information content (AvgIpc) is 3.35. The van der Waals surface area contributed by atoms with E-state index >= 15 is 0 Å². The molecule has 0 amide bonds. The molecule has 0 saturated carbocycles. The van der Waals surface area contributed by atoms with Crippen molar-refractivity contribution in [3.8, 4) is 17.2 Å². The van der Waals surface area contributed by atoms with Crippen molar-refractivity contribution in [1.82, 2.24) is 10.3 Å². The van der Waals surface area contributed by atoms with Gasteiger partial charge in [0.1, 0.15) is 25.1 Å². The fourth-order valence-corrected chi connectivity index (χ4v) is 4.31. The van der Waals surface area contributed by atoms with Crippen LogP contribution in [0, 0.1) is 0 Å². The number of carbonyl (C=O) groups excluding carboxylic acids is 1. The Morgan fingerprint density at radius 1 is 0.789 bits per heavy atom. The Morgan fingerprint density at radius 2 is 1.50 bits per heavy atom. The van der Waals surface area contributed by atoms with E-state index in [9.17, 15) is 4.79 Å². The number of hydrogen-bond donors (Lipinski definition) is 2. The lowest BCUT2D eigenvalue weighted by molar-refractivity contribution is 0.0178. The molecule has 1 atom stereocenters. The minimum absolute atomic E-state index is 0.188. The normalized spacial score (nSPS) is 11.8. The molecular weight excluding hydrogens is 480 g/mol. The molecule has 0 spiro atoms. The van der Waals surface area contributed by atoms with Crippen LogP contribution < -0.4 is 19.5 Å². The van der Waals surface area contributed by atoms with Gasteiger partial charge in [0.05, 0.1) is 18.2 Å². The summed E-state index contributed by atoms with van der Waals surface area (Å²) in [7, 11) is 1.61. The topological polar surface area (TPSA) is 81.8 Å². The lowest BCUT2D eigenvalue weighted by atomic mass is 10.1. The van der Waals surface area contributed by atoms with E-state index in [1.165, 1.54) is 0 Å². The molecule has 5 rings (SSSR count). The van der Waals surface area contributed by atoms with Gasteiger partial charge in [0.25, 0.3) is 0 Å². The van der Waals surface area contributed by atoms with Crippen molar-refractivity contribution in [2.75, 3.05) is 33.4 Å². The smallest absolute Gasteiger partial charge is 0.338 e. The molecule has 5 aromatic rings. The lowest BCUT2D eigenvalue weighted by Gasteiger charge is -2.20. The van der Waals surface area contributed by atoms with Gasteiger partial charge in [-0.15, -0.1) is 0 Å². The molecule has 0 radical (unpaired) electrons. The first-order valence-electron chi connectivity index (χ1n) is 12.6. The van der Waals surface area contributed by atoms with E-state index in [-0.39, 0.29) is 6.61 Å². The number of benzene rings is 4. The largest absolute Gasteiger partial charge is 0.493 e. The molecule has 1 heterocycles. The van der Waals surface area contributed by atoms with E-state index in [1.54, 1.807) is 19.2 Å². The zero-order valence-corrected chi connectivity index (χ0v) is 21.2. The third-order valence-corrected chi connectivity index (χ3v) is 6.19. The Morgan fingerprint density at radius 3 is 2.34 bits per heavy atom. The van der Waals surface area contributed by atoms with E-state index in [0.29, 0.717) is 42.5 Å². The summed E-state index contributed by atoms with van der Waals surface area (Å²) in [5, 5.41) is 5.54. The molecule has 0 aliphatic heterocycles. The molecular formula is C31H30N2O5. The third-order valence-electron chi connectivity index (χ3n) is 6.19. The quantitative estimate of drug-likeness (QED) is 0.168. The molecule has 0 saturated heterocycles. The van der Waals surface area contributed by atoms with Crippen LogP contribution >= 0.6 is 0 Å². The Kier molecular flexibility index (Phi) is 8.06. The molecule has 7 heteroatoms. The summed E-state index contributed by atoms with van der Waals surface area (Å²) >= 11 is 0. The van der Waals surface area contributed by atoms with Crippen LogP contribution in [0.25, 0.3) is 21.8 Å². The molecule has 4 aromatic carbocycles. The van der Waals surface area contributed by atoms with Crippen molar-refractivity contribution in [3.63, 3.8) is 0 Å². The van der Waals surface area contributed by atoms with Crippen molar-refractivity contribution in [1.29, 1.82) is 0 Å². The second-order valence-corrected chi connectivity index (χ2v) is 8.76. The maximum absolute atomic E-state index is 12.8. The highest BCUT2D eigenvalue weighted by Gasteiger charge is 2.18. The van der Waals surface area contributed by atoms with Crippen molar-refractivity contribution >= 4 is 27.8 Å². The molecule has 7 nitrogen and oxygen atoms in total. The molecule has 0 aliphatic rings. The summed E-state index contributed by atoms with van der Waals surface area (Å²) in [6, 6.07) is 30.6. The SMILES string of the molecule is COc1ccccc1OCCNCC(COc1cccc2c1[nH]c1ccccc12)OC(=O)c1ccccc1. The predicted molar refractivity (Wildman–Crippen MR) is 148 cm³/mol. The van der Waals surface area contributed by atoms with Gasteiger partial charge < -0.3 is 29.2 Å². The summed E-state index contributed by atoms with van der Waals surface area (Å²) in [5.74, 6) is 1.68. The highest BCUT2D eigenvalue weighted by molar-refractivity contribution is 6.09. The van der Waals surface area contributed by atoms with Gasteiger partial charge in [-0.05, 0) is 36.4 Å². The Bertz CT molecular complexity index is 1500. The van der Waals surface area contributed by atoms with Gasteiger partial charge in [-0.25, -0.2) is 4.79 Å².